The highest BCUT2D eigenvalue weighted by Crippen LogP contribution is 2.04. The lowest BCUT2D eigenvalue weighted by Gasteiger charge is -2.11. The minimum atomic E-state index is 0. The monoisotopic (exact) mass is 240 g/mol. The van der Waals surface area contributed by atoms with Crippen molar-refractivity contribution in [3.63, 3.8) is 0 Å². The fourth-order valence-corrected chi connectivity index (χ4v) is 1.84. The van der Waals surface area contributed by atoms with Crippen LogP contribution in [0.2, 0.25) is 0 Å². The summed E-state index contributed by atoms with van der Waals surface area (Å²) in [4.78, 5) is 11.7. The van der Waals surface area contributed by atoms with Crippen molar-refractivity contribution in [1.29, 1.82) is 0 Å². The van der Waals surface area contributed by atoms with Gasteiger partial charge in [-0.2, -0.15) is 0 Å². The molecule has 1 atom stereocenters. The summed E-state index contributed by atoms with van der Waals surface area (Å²) < 4.78 is 0. The molecule has 0 unspecified atom stereocenters. The van der Waals surface area contributed by atoms with Gasteiger partial charge in [-0.25, -0.2) is 0 Å². The number of rotatable bonds is 3. The molecule has 0 bridgehead atoms. The van der Waals surface area contributed by atoms with E-state index in [2.05, 4.69) is 10.6 Å². The Hall–Kier alpha value is -1.06. The summed E-state index contributed by atoms with van der Waals surface area (Å²) in [6, 6.07) is 9.79. The lowest BCUT2D eigenvalue weighted by molar-refractivity contribution is 0.0950. The zero-order chi connectivity index (χ0) is 10.5. The minimum absolute atomic E-state index is 0. The van der Waals surface area contributed by atoms with Crippen molar-refractivity contribution in [2.24, 2.45) is 0 Å². The molecule has 1 aromatic rings. The molecule has 2 N–H and O–H groups in total. The van der Waals surface area contributed by atoms with Gasteiger partial charge in [-0.3, -0.25) is 4.79 Å². The molecule has 2 rings (SSSR count). The second kappa shape index (κ2) is 6.51. The van der Waals surface area contributed by atoms with Gasteiger partial charge in [0.25, 0.3) is 5.91 Å². The maximum atomic E-state index is 11.7. The summed E-state index contributed by atoms with van der Waals surface area (Å²) in [5, 5.41) is 6.29. The van der Waals surface area contributed by atoms with Gasteiger partial charge in [0.15, 0.2) is 0 Å². The molecule has 1 heterocycles. The van der Waals surface area contributed by atoms with E-state index in [1.807, 2.05) is 30.3 Å². The molecule has 0 aromatic heterocycles. The lowest BCUT2D eigenvalue weighted by Crippen LogP contribution is -2.37. The van der Waals surface area contributed by atoms with Gasteiger partial charge in [0, 0.05) is 18.2 Å². The zero-order valence-corrected chi connectivity index (χ0v) is 9.93. The molecule has 0 radical (unpaired) electrons. The Kier molecular flexibility index (Phi) is 5.29. The van der Waals surface area contributed by atoms with Gasteiger partial charge in [-0.15, -0.1) is 12.4 Å². The second-order valence-electron chi connectivity index (χ2n) is 3.87. The molecule has 0 aliphatic carbocycles. The van der Waals surface area contributed by atoms with Gasteiger partial charge < -0.3 is 10.6 Å². The van der Waals surface area contributed by atoms with E-state index in [4.69, 9.17) is 0 Å². The topological polar surface area (TPSA) is 41.1 Å². The number of hydrogen-bond acceptors (Lipinski definition) is 2. The van der Waals surface area contributed by atoms with Gasteiger partial charge in [-0.05, 0) is 31.5 Å². The molecule has 3 nitrogen and oxygen atoms in total. The first-order valence-electron chi connectivity index (χ1n) is 5.43. The van der Waals surface area contributed by atoms with Crippen molar-refractivity contribution in [3.8, 4) is 0 Å². The van der Waals surface area contributed by atoms with Crippen LogP contribution >= 0.6 is 12.4 Å². The summed E-state index contributed by atoms with van der Waals surface area (Å²) in [6.07, 6.45) is 2.38. The Morgan fingerprint density at radius 1 is 1.38 bits per heavy atom. The molecule has 1 amide bonds. The van der Waals surface area contributed by atoms with Gasteiger partial charge in [-0.1, -0.05) is 18.2 Å². The number of halogens is 1. The maximum absolute atomic E-state index is 11.7. The van der Waals surface area contributed by atoms with Crippen LogP contribution in [0.5, 0.6) is 0 Å². The largest absolute Gasteiger partial charge is 0.350 e. The number of amides is 1. The number of benzene rings is 1. The van der Waals surface area contributed by atoms with E-state index in [1.54, 1.807) is 0 Å². The van der Waals surface area contributed by atoms with Crippen LogP contribution in [0.15, 0.2) is 30.3 Å². The Balaban J connectivity index is 0.00000128. The molecule has 4 heteroatoms. The Labute approximate surface area is 102 Å². The quantitative estimate of drug-likeness (QED) is 0.843. The molecule has 1 aromatic carbocycles. The number of nitrogens with one attached hydrogen (secondary N) is 2. The van der Waals surface area contributed by atoms with Crippen LogP contribution in [0.4, 0.5) is 0 Å². The lowest BCUT2D eigenvalue weighted by atomic mass is 10.2. The number of hydrogen-bond donors (Lipinski definition) is 2. The molecule has 1 aliphatic rings. The van der Waals surface area contributed by atoms with Crippen molar-refractivity contribution in [2.45, 2.75) is 18.9 Å². The highest BCUT2D eigenvalue weighted by Gasteiger charge is 2.14. The molecule has 0 saturated carbocycles. The van der Waals surface area contributed by atoms with Gasteiger partial charge >= 0.3 is 0 Å². The van der Waals surface area contributed by atoms with Crippen LogP contribution in [-0.2, 0) is 0 Å². The van der Waals surface area contributed by atoms with Crippen molar-refractivity contribution in [3.05, 3.63) is 35.9 Å². The van der Waals surface area contributed by atoms with Gasteiger partial charge in [0.05, 0.1) is 0 Å². The van der Waals surface area contributed by atoms with E-state index in [0.29, 0.717) is 6.04 Å². The van der Waals surface area contributed by atoms with Crippen LogP contribution < -0.4 is 10.6 Å². The van der Waals surface area contributed by atoms with E-state index < -0.39 is 0 Å². The van der Waals surface area contributed by atoms with E-state index in [1.165, 1.54) is 6.42 Å². The van der Waals surface area contributed by atoms with E-state index in [9.17, 15) is 4.79 Å². The summed E-state index contributed by atoms with van der Waals surface area (Å²) in [5.41, 5.74) is 0.732. The number of carbonyl (C=O) groups is 1. The first kappa shape index (κ1) is 13.0. The van der Waals surface area contributed by atoms with Crippen molar-refractivity contribution >= 4 is 18.3 Å². The van der Waals surface area contributed by atoms with Gasteiger partial charge in [0.1, 0.15) is 0 Å². The average molecular weight is 241 g/mol. The summed E-state index contributed by atoms with van der Waals surface area (Å²) in [7, 11) is 0. The zero-order valence-electron chi connectivity index (χ0n) is 9.11. The summed E-state index contributed by atoms with van der Waals surface area (Å²) in [5.74, 6) is 0.0179. The van der Waals surface area contributed by atoms with Crippen molar-refractivity contribution in [1.82, 2.24) is 10.6 Å². The molecule has 0 spiro atoms. The highest BCUT2D eigenvalue weighted by atomic mass is 35.5. The van der Waals surface area contributed by atoms with E-state index >= 15 is 0 Å². The third kappa shape index (κ3) is 3.51. The smallest absolute Gasteiger partial charge is 0.251 e. The van der Waals surface area contributed by atoms with Crippen LogP contribution in [-0.4, -0.2) is 25.0 Å². The normalized spacial score (nSPS) is 18.9. The van der Waals surface area contributed by atoms with Crippen LogP contribution in [0.25, 0.3) is 0 Å². The van der Waals surface area contributed by atoms with Crippen LogP contribution in [0.3, 0.4) is 0 Å². The van der Waals surface area contributed by atoms with E-state index in [0.717, 1.165) is 25.1 Å². The highest BCUT2D eigenvalue weighted by molar-refractivity contribution is 5.94. The first-order valence-corrected chi connectivity index (χ1v) is 5.43. The van der Waals surface area contributed by atoms with Crippen molar-refractivity contribution < 1.29 is 4.79 Å². The van der Waals surface area contributed by atoms with Crippen molar-refractivity contribution in [2.75, 3.05) is 13.1 Å². The fraction of sp³-hybridized carbons (Fsp3) is 0.417. The molecule has 16 heavy (non-hydrogen) atoms. The summed E-state index contributed by atoms with van der Waals surface area (Å²) in [6.45, 7) is 1.81. The van der Waals surface area contributed by atoms with Gasteiger partial charge in [0.2, 0.25) is 0 Å². The summed E-state index contributed by atoms with van der Waals surface area (Å²) >= 11 is 0. The van der Waals surface area contributed by atoms with Crippen LogP contribution in [0, 0.1) is 0 Å². The third-order valence-electron chi connectivity index (χ3n) is 2.71. The molecule has 1 saturated heterocycles. The number of carbonyl (C=O) groups excluding carboxylic acids is 1. The molecule has 88 valence electrons. The molecular formula is C12H17ClN2O. The van der Waals surface area contributed by atoms with E-state index in [-0.39, 0.29) is 18.3 Å². The fourth-order valence-electron chi connectivity index (χ4n) is 1.84. The first-order chi connectivity index (χ1) is 7.36. The third-order valence-corrected chi connectivity index (χ3v) is 2.71. The predicted octanol–water partition coefficient (Wildman–Crippen LogP) is 1.59. The van der Waals surface area contributed by atoms with Crippen LogP contribution in [0.1, 0.15) is 23.2 Å². The Morgan fingerprint density at radius 2 is 2.12 bits per heavy atom. The maximum Gasteiger partial charge on any atom is 0.251 e. The standard InChI is InChI=1S/C12H16N2O.ClH/c15-12(10-5-2-1-3-6-10)14-9-11-7-4-8-13-11;/h1-3,5-6,11,13H,4,7-9H2,(H,14,15);1H/t11-;/m0./s1. The SMILES string of the molecule is Cl.O=C(NC[C@@H]1CCCN1)c1ccccc1. The molecule has 1 aliphatic heterocycles. The average Bonchev–Trinajstić information content (AvgIpc) is 2.80. The molecule has 1 fully saturated rings. The molecular weight excluding hydrogens is 224 g/mol. The second-order valence-corrected chi connectivity index (χ2v) is 3.87. The Morgan fingerprint density at radius 3 is 2.75 bits per heavy atom. The minimum Gasteiger partial charge on any atom is -0.350 e. The predicted molar refractivity (Wildman–Crippen MR) is 67.0 cm³/mol. The Bertz CT molecular complexity index is 323.